The van der Waals surface area contributed by atoms with Gasteiger partial charge in [0, 0.05) is 31.7 Å². The summed E-state index contributed by atoms with van der Waals surface area (Å²) in [5.41, 5.74) is 0.402. The molecule has 4 heterocycles. The fraction of sp³-hybridized carbons (Fsp3) is 0.842. The van der Waals surface area contributed by atoms with Crippen molar-refractivity contribution in [3.05, 3.63) is 11.8 Å². The number of aromatic nitrogens is 2. The van der Waals surface area contributed by atoms with Crippen molar-refractivity contribution in [3.63, 3.8) is 0 Å². The van der Waals surface area contributed by atoms with E-state index in [1.165, 1.54) is 8.61 Å². The maximum atomic E-state index is 13.8. The molecule has 3 aliphatic heterocycles. The third-order valence-corrected chi connectivity index (χ3v) is 8.57. The van der Waals surface area contributed by atoms with Crippen molar-refractivity contribution in [2.24, 2.45) is 5.92 Å². The molecule has 2 saturated heterocycles. The standard InChI is InChI=1S/C19H30F3N5O2S/c1-13(2)14-11-17(19(20,21)22)27-18(23-14)12-15(24-27)16-7-3-4-10-26(16)30(28,29)25-8-5-6-9-25/h12-14,16-17,23H,3-11H2,1-2H3/t14-,16?,17+/m0/s1. The summed E-state index contributed by atoms with van der Waals surface area (Å²) >= 11 is 0. The first kappa shape index (κ1) is 21.9. The summed E-state index contributed by atoms with van der Waals surface area (Å²) in [7, 11) is -3.65. The van der Waals surface area contributed by atoms with Gasteiger partial charge in [0.2, 0.25) is 0 Å². The molecule has 1 unspecified atom stereocenters. The third kappa shape index (κ3) is 3.95. The fourth-order valence-corrected chi connectivity index (χ4v) is 6.68. The number of nitrogens with zero attached hydrogens (tertiary/aromatic N) is 4. The van der Waals surface area contributed by atoms with Crippen molar-refractivity contribution >= 4 is 16.0 Å². The summed E-state index contributed by atoms with van der Waals surface area (Å²) in [4.78, 5) is 0. The summed E-state index contributed by atoms with van der Waals surface area (Å²) < 4.78 is 71.7. The van der Waals surface area contributed by atoms with Crippen LogP contribution in [-0.4, -0.2) is 58.7 Å². The maximum absolute atomic E-state index is 13.8. The molecule has 0 aromatic carbocycles. The zero-order valence-electron chi connectivity index (χ0n) is 17.4. The predicted octanol–water partition coefficient (Wildman–Crippen LogP) is 3.69. The van der Waals surface area contributed by atoms with Crippen LogP contribution in [0.1, 0.15) is 70.2 Å². The van der Waals surface area contributed by atoms with Gasteiger partial charge >= 0.3 is 6.18 Å². The number of nitrogens with one attached hydrogen (secondary N) is 1. The van der Waals surface area contributed by atoms with Gasteiger partial charge in [-0.1, -0.05) is 20.3 Å². The van der Waals surface area contributed by atoms with Crippen LogP contribution in [0, 0.1) is 5.92 Å². The highest BCUT2D eigenvalue weighted by Gasteiger charge is 2.47. The minimum atomic E-state index is -4.42. The molecule has 170 valence electrons. The highest BCUT2D eigenvalue weighted by Crippen LogP contribution is 2.43. The number of alkyl halides is 3. The van der Waals surface area contributed by atoms with E-state index in [-0.39, 0.29) is 18.4 Å². The number of piperidine rings is 1. The molecule has 0 saturated carbocycles. The van der Waals surface area contributed by atoms with E-state index in [0.29, 0.717) is 37.6 Å². The van der Waals surface area contributed by atoms with Crippen LogP contribution in [0.4, 0.5) is 19.0 Å². The Balaban J connectivity index is 1.68. The number of halogens is 3. The van der Waals surface area contributed by atoms with Gasteiger partial charge in [0.15, 0.2) is 6.04 Å². The third-order valence-electron chi connectivity index (χ3n) is 6.53. The summed E-state index contributed by atoms with van der Waals surface area (Å²) in [6, 6.07) is -0.933. The van der Waals surface area contributed by atoms with Crippen LogP contribution in [0.5, 0.6) is 0 Å². The summed E-state index contributed by atoms with van der Waals surface area (Å²) in [5.74, 6) is 0.352. The van der Waals surface area contributed by atoms with E-state index >= 15 is 0 Å². The van der Waals surface area contributed by atoms with E-state index in [1.54, 1.807) is 6.07 Å². The molecule has 11 heteroatoms. The van der Waals surface area contributed by atoms with Crippen molar-refractivity contribution in [2.45, 2.75) is 76.7 Å². The van der Waals surface area contributed by atoms with Gasteiger partial charge in [-0.25, -0.2) is 4.68 Å². The van der Waals surface area contributed by atoms with E-state index in [4.69, 9.17) is 0 Å². The molecule has 7 nitrogen and oxygen atoms in total. The molecule has 0 amide bonds. The first-order chi connectivity index (χ1) is 14.1. The lowest BCUT2D eigenvalue weighted by molar-refractivity contribution is -0.174. The lowest BCUT2D eigenvalue weighted by Crippen LogP contribution is -2.46. The molecule has 30 heavy (non-hydrogen) atoms. The Hall–Kier alpha value is -1.33. The highest BCUT2D eigenvalue weighted by molar-refractivity contribution is 7.86. The monoisotopic (exact) mass is 449 g/mol. The first-order valence-electron chi connectivity index (χ1n) is 10.8. The Labute approximate surface area is 175 Å². The first-order valence-corrected chi connectivity index (χ1v) is 12.2. The SMILES string of the molecule is CC(C)[C@@H]1C[C@H](C(F)(F)F)n2nc(C3CCCCN3S(=O)(=O)N3CCCC3)cc2N1. The number of anilines is 1. The largest absolute Gasteiger partial charge is 0.410 e. The fourth-order valence-electron chi connectivity index (χ4n) is 4.77. The van der Waals surface area contributed by atoms with Gasteiger partial charge in [-0.15, -0.1) is 0 Å². The quantitative estimate of drug-likeness (QED) is 0.761. The molecular weight excluding hydrogens is 419 g/mol. The van der Waals surface area contributed by atoms with Gasteiger partial charge in [0.05, 0.1) is 11.7 Å². The number of rotatable bonds is 4. The molecule has 1 aromatic rings. The normalized spacial score (nSPS) is 29.2. The Morgan fingerprint density at radius 2 is 1.80 bits per heavy atom. The Kier molecular flexibility index (Phi) is 5.82. The van der Waals surface area contributed by atoms with Crippen molar-refractivity contribution in [1.82, 2.24) is 18.4 Å². The lowest BCUT2D eigenvalue weighted by Gasteiger charge is -2.36. The summed E-state index contributed by atoms with van der Waals surface area (Å²) in [6.45, 7) is 5.15. The molecule has 3 atom stereocenters. The summed E-state index contributed by atoms with van der Waals surface area (Å²) in [5, 5.41) is 7.50. The minimum Gasteiger partial charge on any atom is -0.367 e. The highest BCUT2D eigenvalue weighted by atomic mass is 32.2. The second kappa shape index (κ2) is 7.98. The number of hydrogen-bond donors (Lipinski definition) is 1. The van der Waals surface area contributed by atoms with Crippen LogP contribution < -0.4 is 5.32 Å². The van der Waals surface area contributed by atoms with Gasteiger partial charge in [-0.2, -0.15) is 35.3 Å². The Bertz CT molecular complexity index is 864. The van der Waals surface area contributed by atoms with Gasteiger partial charge < -0.3 is 5.32 Å². The second-order valence-corrected chi connectivity index (χ2v) is 10.8. The second-order valence-electron chi connectivity index (χ2n) is 8.92. The van der Waals surface area contributed by atoms with Gasteiger partial charge in [0.1, 0.15) is 5.82 Å². The molecule has 0 radical (unpaired) electrons. The van der Waals surface area contributed by atoms with Gasteiger partial charge in [-0.05, 0) is 38.0 Å². The molecule has 1 N–H and O–H groups in total. The van der Waals surface area contributed by atoms with Crippen LogP contribution in [-0.2, 0) is 10.2 Å². The van der Waals surface area contributed by atoms with E-state index in [9.17, 15) is 21.6 Å². The van der Waals surface area contributed by atoms with Crippen molar-refractivity contribution in [2.75, 3.05) is 25.0 Å². The van der Waals surface area contributed by atoms with Crippen molar-refractivity contribution < 1.29 is 21.6 Å². The van der Waals surface area contributed by atoms with Gasteiger partial charge in [-0.3, -0.25) is 0 Å². The summed E-state index contributed by atoms with van der Waals surface area (Å²) in [6.07, 6.45) is -0.696. The predicted molar refractivity (Wildman–Crippen MR) is 107 cm³/mol. The molecule has 4 rings (SSSR count). The van der Waals surface area contributed by atoms with Crippen LogP contribution >= 0.6 is 0 Å². The molecule has 0 aliphatic carbocycles. The average molecular weight is 450 g/mol. The maximum Gasteiger partial charge on any atom is 0.410 e. The lowest BCUT2D eigenvalue weighted by atomic mass is 9.94. The van der Waals surface area contributed by atoms with E-state index in [2.05, 4.69) is 10.4 Å². The molecular formula is C19H30F3N5O2S. The molecule has 0 spiro atoms. The Morgan fingerprint density at radius 3 is 2.43 bits per heavy atom. The smallest absolute Gasteiger partial charge is 0.367 e. The number of fused-ring (bicyclic) bond motifs is 1. The topological polar surface area (TPSA) is 70.5 Å². The molecule has 3 aliphatic rings. The number of hydrogen-bond acceptors (Lipinski definition) is 4. The average Bonchev–Trinajstić information content (AvgIpc) is 3.36. The molecule has 1 aromatic heterocycles. The minimum absolute atomic E-state index is 0.0312. The molecule has 2 fully saturated rings. The molecule has 0 bridgehead atoms. The van der Waals surface area contributed by atoms with Crippen LogP contribution in [0.3, 0.4) is 0 Å². The Morgan fingerprint density at radius 1 is 1.13 bits per heavy atom. The van der Waals surface area contributed by atoms with E-state index < -0.39 is 28.5 Å². The van der Waals surface area contributed by atoms with E-state index in [0.717, 1.165) is 30.4 Å². The van der Waals surface area contributed by atoms with Crippen molar-refractivity contribution in [3.8, 4) is 0 Å². The van der Waals surface area contributed by atoms with Crippen LogP contribution in [0.2, 0.25) is 0 Å². The van der Waals surface area contributed by atoms with Crippen LogP contribution in [0.15, 0.2) is 6.07 Å². The van der Waals surface area contributed by atoms with Gasteiger partial charge in [0.25, 0.3) is 10.2 Å². The zero-order valence-corrected chi connectivity index (χ0v) is 18.2. The zero-order chi connectivity index (χ0) is 21.7. The van der Waals surface area contributed by atoms with E-state index in [1.807, 2.05) is 13.8 Å². The van der Waals surface area contributed by atoms with Crippen LogP contribution in [0.25, 0.3) is 0 Å². The van der Waals surface area contributed by atoms with Crippen molar-refractivity contribution in [1.29, 1.82) is 0 Å².